The number of nitrogens with zero attached hydrogens (tertiary/aromatic N) is 6. The summed E-state index contributed by atoms with van der Waals surface area (Å²) in [5.74, 6) is -0.490. The molecule has 144 valence electrons. The zero-order chi connectivity index (χ0) is 20.4. The van der Waals surface area contributed by atoms with Crippen molar-refractivity contribution in [2.24, 2.45) is 12.1 Å². The number of amides is 1. The molecule has 0 aliphatic heterocycles. The molecular weight excluding hydrogens is 370 g/mol. The van der Waals surface area contributed by atoms with Crippen molar-refractivity contribution >= 4 is 22.4 Å². The van der Waals surface area contributed by atoms with Gasteiger partial charge in [0.2, 0.25) is 0 Å². The third-order valence-corrected chi connectivity index (χ3v) is 4.47. The number of fused-ring (bicyclic) bond motifs is 1. The van der Waals surface area contributed by atoms with Crippen molar-refractivity contribution < 1.29 is 4.79 Å². The van der Waals surface area contributed by atoms with Crippen LogP contribution in [0.2, 0.25) is 0 Å². The lowest BCUT2D eigenvalue weighted by atomic mass is 10.1. The normalized spacial score (nSPS) is 11.6. The fraction of sp³-hybridized carbons (Fsp3) is 0.100. The first kappa shape index (κ1) is 18.2. The molecule has 0 aliphatic rings. The maximum absolute atomic E-state index is 12.7. The molecule has 0 aliphatic carbocycles. The Morgan fingerprint density at radius 2 is 1.79 bits per heavy atom. The Bertz CT molecular complexity index is 1270. The number of carbonyl (C=O) groups is 1. The number of carbonyl (C=O) groups excluding carboxylic acids is 1. The van der Waals surface area contributed by atoms with E-state index in [0.29, 0.717) is 16.5 Å². The lowest BCUT2D eigenvalue weighted by Gasteiger charge is -2.07. The summed E-state index contributed by atoms with van der Waals surface area (Å²) in [7, 11) is 1.51. The molecule has 0 fully saturated rings. The van der Waals surface area contributed by atoms with E-state index < -0.39 is 5.91 Å². The van der Waals surface area contributed by atoms with Gasteiger partial charge in [-0.1, -0.05) is 30.3 Å². The van der Waals surface area contributed by atoms with Crippen LogP contribution in [0.3, 0.4) is 0 Å². The van der Waals surface area contributed by atoms with E-state index in [9.17, 15) is 9.59 Å². The van der Waals surface area contributed by atoms with Crippen molar-refractivity contribution in [1.82, 2.24) is 30.0 Å². The van der Waals surface area contributed by atoms with E-state index in [2.05, 4.69) is 25.7 Å². The van der Waals surface area contributed by atoms with Crippen LogP contribution in [0.25, 0.3) is 16.5 Å². The van der Waals surface area contributed by atoms with Gasteiger partial charge in [0.15, 0.2) is 5.69 Å². The number of aromatic nitrogens is 5. The molecule has 9 heteroatoms. The number of hydrazone groups is 1. The summed E-state index contributed by atoms with van der Waals surface area (Å²) in [6.07, 6.45) is 3.08. The Morgan fingerprint density at radius 1 is 1.07 bits per heavy atom. The van der Waals surface area contributed by atoms with Gasteiger partial charge in [0.25, 0.3) is 11.5 Å². The quantitative estimate of drug-likeness (QED) is 0.423. The van der Waals surface area contributed by atoms with Crippen LogP contribution in [0.5, 0.6) is 0 Å². The van der Waals surface area contributed by atoms with Crippen LogP contribution in [0, 0.1) is 0 Å². The van der Waals surface area contributed by atoms with Gasteiger partial charge in [-0.25, -0.2) is 19.8 Å². The molecule has 0 bridgehead atoms. The Labute approximate surface area is 165 Å². The fourth-order valence-electron chi connectivity index (χ4n) is 2.92. The lowest BCUT2D eigenvalue weighted by molar-refractivity contribution is 0.0949. The Kier molecular flexibility index (Phi) is 4.70. The van der Waals surface area contributed by atoms with Crippen LogP contribution >= 0.6 is 0 Å². The summed E-state index contributed by atoms with van der Waals surface area (Å²) in [4.78, 5) is 28.8. The van der Waals surface area contributed by atoms with Crippen LogP contribution in [0.4, 0.5) is 0 Å². The van der Waals surface area contributed by atoms with Crippen molar-refractivity contribution in [2.75, 3.05) is 0 Å². The molecule has 2 aromatic heterocycles. The highest BCUT2D eigenvalue weighted by Crippen LogP contribution is 2.13. The smallest absolute Gasteiger partial charge is 0.267 e. The van der Waals surface area contributed by atoms with Gasteiger partial charge in [0, 0.05) is 12.4 Å². The second kappa shape index (κ2) is 7.47. The molecule has 29 heavy (non-hydrogen) atoms. The van der Waals surface area contributed by atoms with E-state index in [-0.39, 0.29) is 11.3 Å². The van der Waals surface area contributed by atoms with Crippen molar-refractivity contribution in [1.29, 1.82) is 0 Å². The second-order valence-corrected chi connectivity index (χ2v) is 6.35. The predicted molar refractivity (Wildman–Crippen MR) is 108 cm³/mol. The minimum absolute atomic E-state index is 0.140. The summed E-state index contributed by atoms with van der Waals surface area (Å²) in [5.41, 5.74) is 4.73. The zero-order valence-electron chi connectivity index (χ0n) is 15.8. The summed E-state index contributed by atoms with van der Waals surface area (Å²) in [5, 5.41) is 13.3. The highest BCUT2D eigenvalue weighted by molar-refractivity contribution is 6.06. The van der Waals surface area contributed by atoms with E-state index in [0.717, 1.165) is 15.9 Å². The maximum atomic E-state index is 12.7. The first-order chi connectivity index (χ1) is 14.0. The maximum Gasteiger partial charge on any atom is 0.292 e. The number of hydrogen-bond acceptors (Lipinski definition) is 6. The van der Waals surface area contributed by atoms with Crippen LogP contribution in [-0.2, 0) is 7.05 Å². The topological polar surface area (TPSA) is 107 Å². The van der Waals surface area contributed by atoms with Crippen LogP contribution in [-0.4, -0.2) is 36.2 Å². The lowest BCUT2D eigenvalue weighted by Crippen LogP contribution is -2.27. The summed E-state index contributed by atoms with van der Waals surface area (Å²) in [6.45, 7) is 1.79. The van der Waals surface area contributed by atoms with E-state index in [1.54, 1.807) is 42.2 Å². The fourth-order valence-corrected chi connectivity index (χ4v) is 2.92. The third kappa shape index (κ3) is 3.53. The molecule has 4 rings (SSSR count). The molecule has 1 amide bonds. The van der Waals surface area contributed by atoms with Crippen LogP contribution in [0.15, 0.2) is 71.1 Å². The predicted octanol–water partition coefficient (Wildman–Crippen LogP) is 1.67. The Morgan fingerprint density at radius 3 is 2.48 bits per heavy atom. The molecular formula is C20H17N7O2. The van der Waals surface area contributed by atoms with Gasteiger partial charge in [-0.2, -0.15) is 15.3 Å². The van der Waals surface area contributed by atoms with Gasteiger partial charge in [-0.15, -0.1) is 0 Å². The van der Waals surface area contributed by atoms with Gasteiger partial charge in [-0.3, -0.25) is 9.59 Å². The number of benzene rings is 2. The standard InChI is InChI=1S/C20H17N7O2/c1-13(14-7-9-15(10-8-14)27-12-21-11-22-27)23-24-19(28)18-16-5-3-4-6-17(16)20(29)26(2)25-18/h3-12H,1-2H3,(H,24,28)/b23-13+. The molecule has 2 heterocycles. The van der Waals surface area contributed by atoms with E-state index in [1.807, 2.05) is 24.3 Å². The number of hydrogen-bond donors (Lipinski definition) is 1. The SMILES string of the molecule is C/C(=N\NC(=O)c1nn(C)c(=O)c2ccccc12)c1ccc(-n2cncn2)cc1. The first-order valence-corrected chi connectivity index (χ1v) is 8.81. The highest BCUT2D eigenvalue weighted by atomic mass is 16.2. The highest BCUT2D eigenvalue weighted by Gasteiger charge is 2.15. The zero-order valence-corrected chi connectivity index (χ0v) is 15.8. The van der Waals surface area contributed by atoms with E-state index in [4.69, 9.17) is 0 Å². The molecule has 0 saturated heterocycles. The molecule has 0 atom stereocenters. The van der Waals surface area contributed by atoms with Gasteiger partial charge in [0.05, 0.1) is 16.8 Å². The molecule has 1 N–H and O–H groups in total. The molecule has 0 spiro atoms. The molecule has 0 unspecified atom stereocenters. The van der Waals surface area contributed by atoms with E-state index >= 15 is 0 Å². The van der Waals surface area contributed by atoms with Crippen LogP contribution < -0.4 is 11.0 Å². The molecule has 2 aromatic carbocycles. The minimum Gasteiger partial charge on any atom is -0.267 e. The summed E-state index contributed by atoms with van der Waals surface area (Å²) >= 11 is 0. The molecule has 4 aromatic rings. The third-order valence-electron chi connectivity index (χ3n) is 4.47. The molecule has 9 nitrogen and oxygen atoms in total. The summed E-state index contributed by atoms with van der Waals surface area (Å²) < 4.78 is 2.80. The largest absolute Gasteiger partial charge is 0.292 e. The number of nitrogens with one attached hydrogen (secondary N) is 1. The summed E-state index contributed by atoms with van der Waals surface area (Å²) in [6, 6.07) is 14.4. The number of rotatable bonds is 4. The average Bonchev–Trinajstić information content (AvgIpc) is 3.29. The number of aryl methyl sites for hydroxylation is 1. The van der Waals surface area contributed by atoms with E-state index in [1.165, 1.54) is 13.4 Å². The second-order valence-electron chi connectivity index (χ2n) is 6.35. The van der Waals surface area contributed by atoms with Gasteiger partial charge < -0.3 is 0 Å². The van der Waals surface area contributed by atoms with Crippen molar-refractivity contribution in [3.63, 3.8) is 0 Å². The average molecular weight is 387 g/mol. The Hall–Kier alpha value is -4.14. The van der Waals surface area contributed by atoms with Gasteiger partial charge in [-0.05, 0) is 30.7 Å². The monoisotopic (exact) mass is 387 g/mol. The Balaban J connectivity index is 1.58. The van der Waals surface area contributed by atoms with Crippen molar-refractivity contribution in [2.45, 2.75) is 6.92 Å². The van der Waals surface area contributed by atoms with Crippen molar-refractivity contribution in [3.05, 3.63) is 82.8 Å². The van der Waals surface area contributed by atoms with Gasteiger partial charge >= 0.3 is 0 Å². The van der Waals surface area contributed by atoms with Crippen molar-refractivity contribution in [3.8, 4) is 5.69 Å². The van der Waals surface area contributed by atoms with Gasteiger partial charge in [0.1, 0.15) is 12.7 Å². The molecule has 0 radical (unpaired) electrons. The first-order valence-electron chi connectivity index (χ1n) is 8.81. The molecule has 0 saturated carbocycles. The minimum atomic E-state index is -0.490. The van der Waals surface area contributed by atoms with Crippen LogP contribution in [0.1, 0.15) is 23.0 Å².